The Labute approximate surface area is 109 Å². The average Bonchev–Trinajstić information content (AvgIpc) is 2.58. The van der Waals surface area contributed by atoms with E-state index < -0.39 is 0 Å². The van der Waals surface area contributed by atoms with E-state index in [9.17, 15) is 0 Å². The number of hydrogen-bond donors (Lipinski definition) is 1. The predicted octanol–water partition coefficient (Wildman–Crippen LogP) is 3.37. The van der Waals surface area contributed by atoms with Crippen LogP contribution in [0.3, 0.4) is 0 Å². The van der Waals surface area contributed by atoms with Crippen molar-refractivity contribution in [2.24, 2.45) is 0 Å². The summed E-state index contributed by atoms with van der Waals surface area (Å²) in [4.78, 5) is 4.33. The fourth-order valence-corrected chi connectivity index (χ4v) is 2.05. The van der Waals surface area contributed by atoms with E-state index in [1.54, 1.807) is 0 Å². The summed E-state index contributed by atoms with van der Waals surface area (Å²) < 4.78 is 5.97. The first-order chi connectivity index (χ1) is 8.08. The molecule has 0 aliphatic rings. The molecule has 0 saturated heterocycles. The van der Waals surface area contributed by atoms with Crippen LogP contribution in [-0.2, 0) is 6.54 Å². The highest BCUT2D eigenvalue weighted by atomic mass is 79.9. The number of nitrogens with zero attached hydrogens (tertiary/aromatic N) is 2. The summed E-state index contributed by atoms with van der Waals surface area (Å²) >= 11 is 3.35. The van der Waals surface area contributed by atoms with E-state index in [0.717, 1.165) is 33.0 Å². The van der Waals surface area contributed by atoms with Crippen molar-refractivity contribution in [1.29, 1.82) is 0 Å². The molecule has 17 heavy (non-hydrogen) atoms. The summed E-state index contributed by atoms with van der Waals surface area (Å²) in [6.45, 7) is 6.54. The molecular formula is C12H14BrN3O. The monoisotopic (exact) mass is 295 g/mol. The maximum absolute atomic E-state index is 5.12. The van der Waals surface area contributed by atoms with Crippen LogP contribution < -0.4 is 5.32 Å². The van der Waals surface area contributed by atoms with Gasteiger partial charge in [0, 0.05) is 12.1 Å². The van der Waals surface area contributed by atoms with E-state index in [1.807, 2.05) is 32.9 Å². The van der Waals surface area contributed by atoms with Crippen molar-refractivity contribution in [2.45, 2.75) is 27.3 Å². The number of pyridine rings is 1. The molecule has 0 aliphatic heterocycles. The molecule has 0 fully saturated rings. The zero-order valence-electron chi connectivity index (χ0n) is 10.0. The Bertz CT molecular complexity index is 517. The molecule has 0 saturated carbocycles. The topological polar surface area (TPSA) is 51.0 Å². The van der Waals surface area contributed by atoms with Gasteiger partial charge in [0.25, 0.3) is 0 Å². The van der Waals surface area contributed by atoms with E-state index in [4.69, 9.17) is 4.52 Å². The van der Waals surface area contributed by atoms with Gasteiger partial charge in [-0.05, 0) is 48.8 Å². The lowest BCUT2D eigenvalue weighted by molar-refractivity contribution is 0.392. The van der Waals surface area contributed by atoms with Crippen LogP contribution in [0.5, 0.6) is 0 Å². The zero-order valence-corrected chi connectivity index (χ0v) is 11.6. The van der Waals surface area contributed by atoms with Crippen LogP contribution in [0, 0.1) is 20.8 Å². The molecule has 0 aliphatic carbocycles. The van der Waals surface area contributed by atoms with Crippen molar-refractivity contribution >= 4 is 21.6 Å². The van der Waals surface area contributed by atoms with Gasteiger partial charge in [-0.25, -0.2) is 4.98 Å². The van der Waals surface area contributed by atoms with Gasteiger partial charge in [0.1, 0.15) is 10.4 Å². The number of aryl methyl sites for hydroxylation is 3. The lowest BCUT2D eigenvalue weighted by Crippen LogP contribution is -2.03. The quantitative estimate of drug-likeness (QED) is 0.882. The Balaban J connectivity index is 2.13. The third kappa shape index (κ3) is 2.66. The van der Waals surface area contributed by atoms with Gasteiger partial charge >= 0.3 is 0 Å². The molecule has 0 atom stereocenters. The van der Waals surface area contributed by atoms with Crippen molar-refractivity contribution < 1.29 is 4.52 Å². The van der Waals surface area contributed by atoms with Gasteiger partial charge in [-0.1, -0.05) is 5.16 Å². The summed E-state index contributed by atoms with van der Waals surface area (Å²) in [5.41, 5.74) is 4.02. The van der Waals surface area contributed by atoms with Gasteiger partial charge in [-0.15, -0.1) is 0 Å². The molecule has 2 rings (SSSR count). The van der Waals surface area contributed by atoms with Crippen LogP contribution >= 0.6 is 15.9 Å². The normalized spacial score (nSPS) is 10.6. The highest BCUT2D eigenvalue weighted by Crippen LogP contribution is 2.19. The summed E-state index contributed by atoms with van der Waals surface area (Å²) in [5, 5.41) is 7.27. The fourth-order valence-electron chi connectivity index (χ4n) is 1.66. The van der Waals surface area contributed by atoms with E-state index in [0.29, 0.717) is 6.54 Å². The van der Waals surface area contributed by atoms with Crippen LogP contribution in [0.4, 0.5) is 5.69 Å². The first-order valence-corrected chi connectivity index (χ1v) is 6.16. The summed E-state index contributed by atoms with van der Waals surface area (Å²) in [7, 11) is 0. The van der Waals surface area contributed by atoms with Crippen LogP contribution in [0.15, 0.2) is 21.3 Å². The number of anilines is 1. The zero-order chi connectivity index (χ0) is 12.4. The largest absolute Gasteiger partial charge is 0.379 e. The maximum Gasteiger partial charge on any atom is 0.138 e. The van der Waals surface area contributed by atoms with Crippen molar-refractivity contribution in [2.75, 3.05) is 5.32 Å². The van der Waals surface area contributed by atoms with Crippen LogP contribution in [-0.4, -0.2) is 10.1 Å². The Morgan fingerprint density at radius 3 is 2.59 bits per heavy atom. The van der Waals surface area contributed by atoms with Crippen LogP contribution in [0.25, 0.3) is 0 Å². The molecule has 0 amide bonds. The van der Waals surface area contributed by atoms with Crippen molar-refractivity contribution in [3.63, 3.8) is 0 Å². The van der Waals surface area contributed by atoms with Gasteiger partial charge < -0.3 is 9.84 Å². The van der Waals surface area contributed by atoms with Gasteiger partial charge in [0.15, 0.2) is 0 Å². The molecule has 0 radical (unpaired) electrons. The maximum atomic E-state index is 5.12. The smallest absolute Gasteiger partial charge is 0.138 e. The average molecular weight is 296 g/mol. The second kappa shape index (κ2) is 4.87. The number of halogens is 1. The molecule has 1 N–H and O–H groups in total. The second-order valence-corrected chi connectivity index (χ2v) is 4.74. The molecule has 2 heterocycles. The lowest BCUT2D eigenvalue weighted by atomic mass is 10.2. The van der Waals surface area contributed by atoms with Gasteiger partial charge in [-0.3, -0.25) is 0 Å². The van der Waals surface area contributed by atoms with Crippen molar-refractivity contribution in [3.8, 4) is 0 Å². The summed E-state index contributed by atoms with van der Waals surface area (Å²) in [5.74, 6) is 0.859. The van der Waals surface area contributed by atoms with E-state index in [-0.39, 0.29) is 0 Å². The van der Waals surface area contributed by atoms with Gasteiger partial charge in [0.2, 0.25) is 0 Å². The molecule has 5 heteroatoms. The molecule has 0 bridgehead atoms. The Morgan fingerprint density at radius 1 is 1.24 bits per heavy atom. The first-order valence-electron chi connectivity index (χ1n) is 5.36. The molecular weight excluding hydrogens is 282 g/mol. The summed E-state index contributed by atoms with van der Waals surface area (Å²) in [6, 6.07) is 3.92. The molecule has 4 nitrogen and oxygen atoms in total. The van der Waals surface area contributed by atoms with Crippen molar-refractivity contribution in [1.82, 2.24) is 10.1 Å². The SMILES string of the molecule is Cc1nc(Br)ccc1NCc1c(C)noc1C. The second-order valence-electron chi connectivity index (χ2n) is 3.92. The third-order valence-corrected chi connectivity index (χ3v) is 3.13. The number of nitrogens with one attached hydrogen (secondary N) is 1. The molecule has 2 aromatic heterocycles. The highest BCUT2D eigenvalue weighted by molar-refractivity contribution is 9.10. The Kier molecular flexibility index (Phi) is 3.47. The number of hydrogen-bond acceptors (Lipinski definition) is 4. The van der Waals surface area contributed by atoms with Crippen LogP contribution in [0.1, 0.15) is 22.7 Å². The van der Waals surface area contributed by atoms with Gasteiger partial charge in [0.05, 0.1) is 17.1 Å². The highest BCUT2D eigenvalue weighted by Gasteiger charge is 2.09. The minimum Gasteiger partial charge on any atom is -0.379 e. The van der Waals surface area contributed by atoms with E-state index >= 15 is 0 Å². The Morgan fingerprint density at radius 2 is 2.00 bits per heavy atom. The fraction of sp³-hybridized carbons (Fsp3) is 0.333. The predicted molar refractivity (Wildman–Crippen MR) is 70.0 cm³/mol. The lowest BCUT2D eigenvalue weighted by Gasteiger charge is -2.08. The van der Waals surface area contributed by atoms with Gasteiger partial charge in [-0.2, -0.15) is 0 Å². The van der Waals surface area contributed by atoms with E-state index in [2.05, 4.69) is 31.4 Å². The molecule has 0 spiro atoms. The standard InChI is InChI=1S/C12H14BrN3O/c1-7-10(9(3)17-16-7)6-14-11-4-5-12(13)15-8(11)2/h4-5,14H,6H2,1-3H3. The number of rotatable bonds is 3. The molecule has 2 aromatic rings. The van der Waals surface area contributed by atoms with Crippen molar-refractivity contribution in [3.05, 3.63) is 39.4 Å². The molecule has 0 aromatic carbocycles. The summed E-state index contributed by atoms with van der Waals surface area (Å²) in [6.07, 6.45) is 0. The minimum absolute atomic E-state index is 0.700. The first kappa shape index (κ1) is 12.1. The van der Waals surface area contributed by atoms with Crippen LogP contribution in [0.2, 0.25) is 0 Å². The molecule has 0 unspecified atom stereocenters. The third-order valence-electron chi connectivity index (χ3n) is 2.69. The van der Waals surface area contributed by atoms with E-state index in [1.165, 1.54) is 0 Å². The Hall–Kier alpha value is -1.36. The minimum atomic E-state index is 0.700. The molecule has 90 valence electrons. The number of aromatic nitrogens is 2.